The van der Waals surface area contributed by atoms with Crippen LogP contribution in [-0.4, -0.2) is 0 Å². The van der Waals surface area contributed by atoms with Crippen LogP contribution in [0.2, 0.25) is 0 Å². The standard InChI is InChI=1S/C20H22N4/c21-15-5-1-13(2-6-15)11-17-18(20(24)10-9-19(17)23)12-14-3-7-16(22)8-4-14/h1-10H,11-12,21-24H2. The van der Waals surface area contributed by atoms with Gasteiger partial charge < -0.3 is 22.9 Å². The molecule has 0 heterocycles. The molecule has 0 saturated heterocycles. The summed E-state index contributed by atoms with van der Waals surface area (Å²) >= 11 is 0. The van der Waals surface area contributed by atoms with Crippen LogP contribution >= 0.6 is 0 Å². The van der Waals surface area contributed by atoms with Gasteiger partial charge >= 0.3 is 0 Å². The highest BCUT2D eigenvalue weighted by Gasteiger charge is 2.12. The van der Waals surface area contributed by atoms with Gasteiger partial charge in [0.25, 0.3) is 0 Å². The van der Waals surface area contributed by atoms with Crippen LogP contribution < -0.4 is 22.9 Å². The van der Waals surface area contributed by atoms with Gasteiger partial charge in [-0.3, -0.25) is 0 Å². The van der Waals surface area contributed by atoms with E-state index in [9.17, 15) is 0 Å². The molecule has 0 unspecified atom stereocenters. The molecule has 8 N–H and O–H groups in total. The Kier molecular flexibility index (Phi) is 4.29. The molecule has 3 aromatic carbocycles. The molecule has 0 saturated carbocycles. The second kappa shape index (κ2) is 6.54. The molecule has 0 aliphatic carbocycles. The Morgan fingerprint density at radius 1 is 0.458 bits per heavy atom. The van der Waals surface area contributed by atoms with E-state index in [1.54, 1.807) is 0 Å². The third-order valence-electron chi connectivity index (χ3n) is 4.22. The molecule has 3 aromatic rings. The number of hydrogen-bond donors (Lipinski definition) is 4. The Bertz CT molecular complexity index is 764. The largest absolute Gasteiger partial charge is 0.399 e. The molecular weight excluding hydrogens is 296 g/mol. The highest BCUT2D eigenvalue weighted by Crippen LogP contribution is 2.28. The fourth-order valence-corrected chi connectivity index (χ4v) is 2.83. The van der Waals surface area contributed by atoms with Gasteiger partial charge in [0.1, 0.15) is 0 Å². The summed E-state index contributed by atoms with van der Waals surface area (Å²) in [7, 11) is 0. The van der Waals surface area contributed by atoms with Crippen molar-refractivity contribution in [1.29, 1.82) is 0 Å². The Balaban J connectivity index is 1.97. The highest BCUT2D eigenvalue weighted by molar-refractivity contribution is 5.64. The van der Waals surface area contributed by atoms with Crippen molar-refractivity contribution in [2.45, 2.75) is 12.8 Å². The van der Waals surface area contributed by atoms with Crippen LogP contribution in [0.4, 0.5) is 22.7 Å². The molecule has 0 aliphatic rings. The molecule has 0 aliphatic heterocycles. The smallest absolute Gasteiger partial charge is 0.0354 e. The second-order valence-corrected chi connectivity index (χ2v) is 6.04. The number of benzene rings is 3. The maximum Gasteiger partial charge on any atom is 0.0354 e. The normalized spacial score (nSPS) is 10.7. The molecule has 4 heteroatoms. The minimum absolute atomic E-state index is 0.724. The van der Waals surface area contributed by atoms with Gasteiger partial charge in [-0.1, -0.05) is 24.3 Å². The van der Waals surface area contributed by atoms with Crippen molar-refractivity contribution in [2.75, 3.05) is 22.9 Å². The van der Waals surface area contributed by atoms with Crippen LogP contribution in [0.15, 0.2) is 60.7 Å². The van der Waals surface area contributed by atoms with E-state index in [4.69, 9.17) is 22.9 Å². The Hall–Kier alpha value is -3.14. The summed E-state index contributed by atoms with van der Waals surface area (Å²) in [6, 6.07) is 19.4. The zero-order chi connectivity index (χ0) is 17.1. The van der Waals surface area contributed by atoms with Gasteiger partial charge in [0.2, 0.25) is 0 Å². The number of hydrogen-bond acceptors (Lipinski definition) is 4. The van der Waals surface area contributed by atoms with Gasteiger partial charge in [0.05, 0.1) is 0 Å². The molecule has 0 amide bonds. The Morgan fingerprint density at radius 2 is 0.792 bits per heavy atom. The van der Waals surface area contributed by atoms with E-state index >= 15 is 0 Å². The second-order valence-electron chi connectivity index (χ2n) is 6.04. The van der Waals surface area contributed by atoms with E-state index < -0.39 is 0 Å². The van der Waals surface area contributed by atoms with Gasteiger partial charge in [0.15, 0.2) is 0 Å². The fraction of sp³-hybridized carbons (Fsp3) is 0.100. The van der Waals surface area contributed by atoms with E-state index in [-0.39, 0.29) is 0 Å². The van der Waals surface area contributed by atoms with Crippen molar-refractivity contribution in [3.8, 4) is 0 Å². The molecule has 24 heavy (non-hydrogen) atoms. The summed E-state index contributed by atoms with van der Waals surface area (Å²) in [5, 5.41) is 0. The molecular formula is C20H22N4. The first kappa shape index (κ1) is 15.7. The topological polar surface area (TPSA) is 104 Å². The Morgan fingerprint density at radius 3 is 1.12 bits per heavy atom. The van der Waals surface area contributed by atoms with Crippen molar-refractivity contribution in [2.24, 2.45) is 0 Å². The third kappa shape index (κ3) is 3.43. The van der Waals surface area contributed by atoms with E-state index in [1.165, 1.54) is 0 Å². The van der Waals surface area contributed by atoms with Crippen LogP contribution in [0.5, 0.6) is 0 Å². The molecule has 0 atom stereocenters. The maximum absolute atomic E-state index is 6.25. The van der Waals surface area contributed by atoms with Crippen molar-refractivity contribution >= 4 is 22.7 Å². The van der Waals surface area contributed by atoms with E-state index in [2.05, 4.69) is 0 Å². The van der Waals surface area contributed by atoms with Crippen molar-refractivity contribution < 1.29 is 0 Å². The minimum Gasteiger partial charge on any atom is -0.399 e. The lowest BCUT2D eigenvalue weighted by atomic mass is 9.92. The summed E-state index contributed by atoms with van der Waals surface area (Å²) in [5.41, 5.74) is 31.5. The average molecular weight is 318 g/mol. The van der Waals surface area contributed by atoms with Crippen LogP contribution in [0.3, 0.4) is 0 Å². The van der Waals surface area contributed by atoms with Crippen LogP contribution in [0.25, 0.3) is 0 Å². The number of nitrogens with two attached hydrogens (primary N) is 4. The van der Waals surface area contributed by atoms with E-state index in [1.807, 2.05) is 60.7 Å². The van der Waals surface area contributed by atoms with Gasteiger partial charge in [-0.25, -0.2) is 0 Å². The van der Waals surface area contributed by atoms with Gasteiger partial charge in [-0.2, -0.15) is 0 Å². The Labute approximate surface area is 142 Å². The zero-order valence-electron chi connectivity index (χ0n) is 13.5. The van der Waals surface area contributed by atoms with Crippen LogP contribution in [0.1, 0.15) is 22.3 Å². The summed E-state index contributed by atoms with van der Waals surface area (Å²) in [6.45, 7) is 0. The first-order valence-electron chi connectivity index (χ1n) is 7.87. The lowest BCUT2D eigenvalue weighted by Gasteiger charge is -2.16. The van der Waals surface area contributed by atoms with E-state index in [0.29, 0.717) is 0 Å². The highest BCUT2D eigenvalue weighted by atomic mass is 14.6. The monoisotopic (exact) mass is 318 g/mol. The minimum atomic E-state index is 0.724. The zero-order valence-corrected chi connectivity index (χ0v) is 13.5. The number of rotatable bonds is 4. The van der Waals surface area contributed by atoms with Gasteiger partial charge in [-0.05, 0) is 71.5 Å². The van der Waals surface area contributed by atoms with E-state index in [0.717, 1.165) is 57.8 Å². The molecule has 3 rings (SSSR count). The maximum atomic E-state index is 6.25. The predicted molar refractivity (Wildman–Crippen MR) is 103 cm³/mol. The lowest BCUT2D eigenvalue weighted by molar-refractivity contribution is 1.10. The fourth-order valence-electron chi connectivity index (χ4n) is 2.83. The summed E-state index contributed by atoms with van der Waals surface area (Å²) < 4.78 is 0. The van der Waals surface area contributed by atoms with Crippen molar-refractivity contribution in [3.05, 3.63) is 82.9 Å². The van der Waals surface area contributed by atoms with Gasteiger partial charge in [-0.15, -0.1) is 0 Å². The van der Waals surface area contributed by atoms with Crippen molar-refractivity contribution in [1.82, 2.24) is 0 Å². The summed E-state index contributed by atoms with van der Waals surface area (Å²) in [6.07, 6.45) is 1.45. The molecule has 0 spiro atoms. The first-order chi connectivity index (χ1) is 11.5. The van der Waals surface area contributed by atoms with Crippen LogP contribution in [-0.2, 0) is 12.8 Å². The molecule has 0 fully saturated rings. The quantitative estimate of drug-likeness (QED) is 0.554. The molecule has 0 bridgehead atoms. The first-order valence-corrected chi connectivity index (χ1v) is 7.87. The molecule has 0 radical (unpaired) electrons. The number of anilines is 4. The lowest BCUT2D eigenvalue weighted by Crippen LogP contribution is -2.06. The molecule has 0 aromatic heterocycles. The molecule has 4 nitrogen and oxygen atoms in total. The van der Waals surface area contributed by atoms with Crippen molar-refractivity contribution in [3.63, 3.8) is 0 Å². The number of nitrogen functional groups attached to an aromatic ring is 4. The summed E-state index contributed by atoms with van der Waals surface area (Å²) in [4.78, 5) is 0. The molecule has 122 valence electrons. The summed E-state index contributed by atoms with van der Waals surface area (Å²) in [5.74, 6) is 0. The SMILES string of the molecule is Nc1ccc(Cc2c(N)ccc(N)c2Cc2ccc(N)cc2)cc1. The third-order valence-corrected chi connectivity index (χ3v) is 4.22. The predicted octanol–water partition coefficient (Wildman–Crippen LogP) is 3.20. The van der Waals surface area contributed by atoms with Gasteiger partial charge in [0, 0.05) is 22.7 Å². The van der Waals surface area contributed by atoms with Crippen LogP contribution in [0, 0.1) is 0 Å². The average Bonchev–Trinajstić information content (AvgIpc) is 2.58.